The summed E-state index contributed by atoms with van der Waals surface area (Å²) >= 11 is 12.6. The van der Waals surface area contributed by atoms with Gasteiger partial charge in [-0.05, 0) is 73.2 Å². The summed E-state index contributed by atoms with van der Waals surface area (Å²) in [5.41, 5.74) is 4.24. The van der Waals surface area contributed by atoms with Crippen molar-refractivity contribution in [2.75, 3.05) is 39.8 Å². The van der Waals surface area contributed by atoms with Crippen LogP contribution in [0.5, 0.6) is 0 Å². The number of likely N-dealkylation sites (N-methyl/N-ethyl adjacent to an activating group) is 1. The van der Waals surface area contributed by atoms with Gasteiger partial charge in [0.1, 0.15) is 0 Å². The molecular formula is C33H37Cl2N3O2. The maximum atomic E-state index is 13.1. The number of carbonyl (C=O) groups excluding carboxylic acids is 2. The molecule has 2 amide bonds. The Morgan fingerprint density at radius 1 is 0.925 bits per heavy atom. The zero-order valence-corrected chi connectivity index (χ0v) is 24.8. The average Bonchev–Trinajstić information content (AvgIpc) is 2.97. The Hall–Kier alpha value is -2.86. The van der Waals surface area contributed by atoms with Crippen LogP contribution in [0.25, 0.3) is 0 Å². The number of hydrogen-bond donors (Lipinski definition) is 0. The first-order chi connectivity index (χ1) is 19.3. The lowest BCUT2D eigenvalue weighted by Gasteiger charge is -2.52. The van der Waals surface area contributed by atoms with Gasteiger partial charge >= 0.3 is 0 Å². The maximum Gasteiger partial charge on any atom is 0.253 e. The second kappa shape index (κ2) is 12.3. The van der Waals surface area contributed by atoms with Gasteiger partial charge in [-0.1, -0.05) is 71.7 Å². The fourth-order valence-corrected chi connectivity index (χ4v) is 6.92. The molecule has 3 aromatic carbocycles. The molecule has 2 aliphatic rings. The van der Waals surface area contributed by atoms with Gasteiger partial charge in [-0.3, -0.25) is 9.59 Å². The molecule has 1 saturated heterocycles. The highest BCUT2D eigenvalue weighted by atomic mass is 35.5. The van der Waals surface area contributed by atoms with E-state index in [1.807, 2.05) is 55.6 Å². The molecule has 2 aliphatic heterocycles. The van der Waals surface area contributed by atoms with Gasteiger partial charge in [-0.2, -0.15) is 0 Å². The number of amides is 2. The van der Waals surface area contributed by atoms with E-state index in [0.29, 0.717) is 22.2 Å². The van der Waals surface area contributed by atoms with E-state index < -0.39 is 0 Å². The van der Waals surface area contributed by atoms with Crippen LogP contribution in [-0.4, -0.2) is 66.3 Å². The molecule has 5 nitrogen and oxygen atoms in total. The molecule has 1 fully saturated rings. The molecule has 0 radical (unpaired) electrons. The number of halogens is 2. The molecule has 40 heavy (non-hydrogen) atoms. The Morgan fingerprint density at radius 3 is 2.33 bits per heavy atom. The zero-order chi connectivity index (χ0) is 28.3. The lowest BCUT2D eigenvalue weighted by molar-refractivity contribution is -0.139. The Labute approximate surface area is 247 Å². The van der Waals surface area contributed by atoms with Gasteiger partial charge in [0.2, 0.25) is 5.91 Å². The molecule has 3 aromatic rings. The Balaban J connectivity index is 1.30. The summed E-state index contributed by atoms with van der Waals surface area (Å²) in [6, 6.07) is 23.8. The van der Waals surface area contributed by atoms with Crippen LogP contribution in [0.2, 0.25) is 10.0 Å². The van der Waals surface area contributed by atoms with Crippen LogP contribution in [0.15, 0.2) is 72.8 Å². The molecule has 0 saturated carbocycles. The van der Waals surface area contributed by atoms with Crippen LogP contribution >= 0.6 is 23.2 Å². The molecule has 0 N–H and O–H groups in total. The van der Waals surface area contributed by atoms with Gasteiger partial charge in [-0.15, -0.1) is 0 Å². The van der Waals surface area contributed by atoms with Gasteiger partial charge in [0.15, 0.2) is 0 Å². The van der Waals surface area contributed by atoms with E-state index in [0.717, 1.165) is 57.4 Å². The van der Waals surface area contributed by atoms with Gasteiger partial charge in [-0.25, -0.2) is 0 Å². The molecule has 1 spiro atoms. The summed E-state index contributed by atoms with van der Waals surface area (Å²) in [6.07, 6.45) is 3.65. The lowest BCUT2D eigenvalue weighted by atomic mass is 9.74. The van der Waals surface area contributed by atoms with Crippen molar-refractivity contribution in [1.82, 2.24) is 14.7 Å². The quantitative estimate of drug-likeness (QED) is 0.316. The van der Waals surface area contributed by atoms with Crippen LogP contribution in [0, 0.1) is 0 Å². The van der Waals surface area contributed by atoms with E-state index in [1.165, 1.54) is 11.1 Å². The molecule has 0 aromatic heterocycles. The van der Waals surface area contributed by atoms with Crippen molar-refractivity contribution in [3.63, 3.8) is 0 Å². The van der Waals surface area contributed by atoms with Crippen molar-refractivity contribution >= 4 is 35.0 Å². The third-order valence-electron chi connectivity index (χ3n) is 8.77. The van der Waals surface area contributed by atoms with Gasteiger partial charge in [0.25, 0.3) is 5.91 Å². The maximum absolute atomic E-state index is 13.1. The standard InChI is InChI=1S/C33H37Cl2N3O2/c1-24(39)38-19-15-25-8-6-7-11-29(25)33(38)16-20-37(21-17-33)18-14-28(27-12-13-30(34)31(35)22-27)23-36(2)32(40)26-9-4-3-5-10-26/h3-13,22,28H,14-21,23H2,1-2H3/t28-/m1/s1. The monoisotopic (exact) mass is 577 g/mol. The Kier molecular flexibility index (Phi) is 8.84. The van der Waals surface area contributed by atoms with Crippen LogP contribution in [0.4, 0.5) is 0 Å². The van der Waals surface area contributed by atoms with Crippen LogP contribution in [-0.2, 0) is 16.8 Å². The number of hydrogen-bond acceptors (Lipinski definition) is 3. The molecule has 0 aliphatic carbocycles. The summed E-state index contributed by atoms with van der Waals surface area (Å²) in [4.78, 5) is 32.3. The first-order valence-electron chi connectivity index (χ1n) is 14.1. The smallest absolute Gasteiger partial charge is 0.253 e. The van der Waals surface area contributed by atoms with Crippen molar-refractivity contribution in [1.29, 1.82) is 0 Å². The van der Waals surface area contributed by atoms with Crippen molar-refractivity contribution in [2.45, 2.75) is 44.1 Å². The van der Waals surface area contributed by atoms with E-state index in [9.17, 15) is 9.59 Å². The number of benzene rings is 3. The third-order valence-corrected chi connectivity index (χ3v) is 9.51. The van der Waals surface area contributed by atoms with E-state index in [1.54, 1.807) is 11.8 Å². The number of fused-ring (bicyclic) bond motifs is 2. The Morgan fingerprint density at radius 2 is 1.62 bits per heavy atom. The molecule has 1 atom stereocenters. The number of likely N-dealkylation sites (tertiary alicyclic amines) is 1. The summed E-state index contributed by atoms with van der Waals surface area (Å²) in [7, 11) is 1.86. The Bertz CT molecular complexity index is 1350. The second-order valence-corrected chi connectivity index (χ2v) is 12.0. The van der Waals surface area contributed by atoms with Crippen molar-refractivity contribution in [2.24, 2.45) is 0 Å². The number of rotatable bonds is 7. The van der Waals surface area contributed by atoms with E-state index in [4.69, 9.17) is 23.2 Å². The summed E-state index contributed by atoms with van der Waals surface area (Å²) in [5.74, 6) is 0.270. The number of nitrogens with zero attached hydrogens (tertiary/aromatic N) is 3. The number of piperidine rings is 1. The predicted molar refractivity (Wildman–Crippen MR) is 162 cm³/mol. The summed E-state index contributed by atoms with van der Waals surface area (Å²) in [5, 5.41) is 1.06. The molecule has 7 heteroatoms. The van der Waals surface area contributed by atoms with E-state index >= 15 is 0 Å². The van der Waals surface area contributed by atoms with Crippen molar-refractivity contribution in [3.05, 3.63) is 105 Å². The van der Waals surface area contributed by atoms with Crippen LogP contribution < -0.4 is 0 Å². The molecule has 210 valence electrons. The highest BCUT2D eigenvalue weighted by Gasteiger charge is 2.45. The SMILES string of the molecule is CC(=O)N1CCc2ccccc2C12CCN(CC[C@H](CN(C)C(=O)c1ccccc1)c1ccc(Cl)c(Cl)c1)CC2. The van der Waals surface area contributed by atoms with Gasteiger partial charge in [0, 0.05) is 51.6 Å². The minimum Gasteiger partial charge on any atom is -0.341 e. The molecule has 0 unspecified atom stereocenters. The van der Waals surface area contributed by atoms with Gasteiger partial charge in [0.05, 0.1) is 15.6 Å². The van der Waals surface area contributed by atoms with Crippen LogP contribution in [0.1, 0.15) is 59.2 Å². The average molecular weight is 579 g/mol. The topological polar surface area (TPSA) is 43.9 Å². The summed E-state index contributed by atoms with van der Waals surface area (Å²) < 4.78 is 0. The van der Waals surface area contributed by atoms with Crippen molar-refractivity contribution in [3.8, 4) is 0 Å². The second-order valence-electron chi connectivity index (χ2n) is 11.2. The minimum absolute atomic E-state index is 0.00543. The molecular weight excluding hydrogens is 541 g/mol. The van der Waals surface area contributed by atoms with E-state index in [-0.39, 0.29) is 23.3 Å². The summed E-state index contributed by atoms with van der Waals surface area (Å²) in [6.45, 7) is 5.81. The normalized spacial score (nSPS) is 17.4. The first kappa shape index (κ1) is 28.7. The molecule has 5 rings (SSSR count). The highest BCUT2D eigenvalue weighted by Crippen LogP contribution is 2.43. The van der Waals surface area contributed by atoms with E-state index in [2.05, 4.69) is 34.1 Å². The largest absolute Gasteiger partial charge is 0.341 e. The van der Waals surface area contributed by atoms with Crippen LogP contribution in [0.3, 0.4) is 0 Å². The molecule has 0 bridgehead atoms. The fourth-order valence-electron chi connectivity index (χ4n) is 6.61. The fraction of sp³-hybridized carbons (Fsp3) is 0.394. The third kappa shape index (κ3) is 5.93. The van der Waals surface area contributed by atoms with Gasteiger partial charge < -0.3 is 14.7 Å². The highest BCUT2D eigenvalue weighted by molar-refractivity contribution is 6.42. The minimum atomic E-state index is -0.220. The van der Waals surface area contributed by atoms with Crippen molar-refractivity contribution < 1.29 is 9.59 Å². The number of carbonyl (C=O) groups is 2. The predicted octanol–water partition coefficient (Wildman–Crippen LogP) is 6.64. The lowest BCUT2D eigenvalue weighted by Crippen LogP contribution is -2.57. The zero-order valence-electron chi connectivity index (χ0n) is 23.3. The first-order valence-corrected chi connectivity index (χ1v) is 14.9. The molecule has 2 heterocycles.